The Balaban J connectivity index is 1.99. The van der Waals surface area contributed by atoms with Crippen LogP contribution in [0.5, 0.6) is 5.75 Å². The zero-order valence-corrected chi connectivity index (χ0v) is 12.5. The van der Waals surface area contributed by atoms with Crippen molar-refractivity contribution in [2.24, 2.45) is 7.05 Å². The summed E-state index contributed by atoms with van der Waals surface area (Å²) in [5.41, 5.74) is 1.55. The molecule has 6 nitrogen and oxygen atoms in total. The molecular formula is C15H16FN5O. The minimum Gasteiger partial charge on any atom is -0.494 e. The first-order valence-corrected chi connectivity index (χ1v) is 6.82. The second-order valence-corrected chi connectivity index (χ2v) is 5.04. The maximum absolute atomic E-state index is 13.8. The Kier molecular flexibility index (Phi) is 3.62. The van der Waals surface area contributed by atoms with Gasteiger partial charge in [0.1, 0.15) is 12.1 Å². The second kappa shape index (κ2) is 5.59. The Morgan fingerprint density at radius 2 is 2.14 bits per heavy atom. The summed E-state index contributed by atoms with van der Waals surface area (Å²) in [6.45, 7) is 2.01. The van der Waals surface area contributed by atoms with Gasteiger partial charge in [-0.2, -0.15) is 5.10 Å². The van der Waals surface area contributed by atoms with Crippen molar-refractivity contribution < 1.29 is 9.13 Å². The van der Waals surface area contributed by atoms with E-state index in [1.807, 2.05) is 20.2 Å². The van der Waals surface area contributed by atoms with Crippen LogP contribution >= 0.6 is 0 Å². The minimum absolute atomic E-state index is 0.00264. The fraction of sp³-hybridized carbons (Fsp3) is 0.267. The van der Waals surface area contributed by atoms with Gasteiger partial charge in [-0.1, -0.05) is 0 Å². The van der Waals surface area contributed by atoms with Crippen LogP contribution in [0.2, 0.25) is 0 Å². The number of ether oxygens (including phenoxy) is 1. The monoisotopic (exact) mass is 301 g/mol. The van der Waals surface area contributed by atoms with E-state index < -0.39 is 5.82 Å². The smallest absolute Gasteiger partial charge is 0.167 e. The topological polar surface area (TPSA) is 64.9 Å². The number of aromatic nitrogens is 4. The van der Waals surface area contributed by atoms with E-state index in [4.69, 9.17) is 4.74 Å². The third-order valence-electron chi connectivity index (χ3n) is 3.49. The number of benzene rings is 1. The molecule has 3 rings (SSSR count). The van der Waals surface area contributed by atoms with Gasteiger partial charge in [-0.25, -0.2) is 14.4 Å². The predicted molar refractivity (Wildman–Crippen MR) is 81.3 cm³/mol. The first kappa shape index (κ1) is 14.2. The van der Waals surface area contributed by atoms with Gasteiger partial charge < -0.3 is 10.1 Å². The van der Waals surface area contributed by atoms with Crippen LogP contribution in [0.4, 0.5) is 10.2 Å². The summed E-state index contributed by atoms with van der Waals surface area (Å²) in [5, 5.41) is 8.16. The maximum Gasteiger partial charge on any atom is 0.167 e. The van der Waals surface area contributed by atoms with Gasteiger partial charge in [0.05, 0.1) is 24.9 Å². The molecule has 7 heteroatoms. The summed E-state index contributed by atoms with van der Waals surface area (Å²) < 4.78 is 20.5. The third kappa shape index (κ3) is 2.57. The molecule has 0 aliphatic rings. The largest absolute Gasteiger partial charge is 0.494 e. The highest BCUT2D eigenvalue weighted by Gasteiger charge is 2.13. The highest BCUT2D eigenvalue weighted by molar-refractivity contribution is 5.90. The van der Waals surface area contributed by atoms with Crippen molar-refractivity contribution >= 4 is 16.7 Å². The molecule has 1 aromatic carbocycles. The molecule has 3 aromatic rings. The van der Waals surface area contributed by atoms with Crippen LogP contribution in [0.3, 0.4) is 0 Å². The van der Waals surface area contributed by atoms with Crippen molar-refractivity contribution in [1.29, 1.82) is 0 Å². The third-order valence-corrected chi connectivity index (χ3v) is 3.49. The molecule has 0 spiro atoms. The summed E-state index contributed by atoms with van der Waals surface area (Å²) >= 11 is 0. The average molecular weight is 301 g/mol. The van der Waals surface area contributed by atoms with Crippen molar-refractivity contribution in [3.05, 3.63) is 42.2 Å². The van der Waals surface area contributed by atoms with Crippen LogP contribution in [0.1, 0.15) is 18.5 Å². The van der Waals surface area contributed by atoms with Crippen LogP contribution in [-0.4, -0.2) is 26.9 Å². The second-order valence-electron chi connectivity index (χ2n) is 5.04. The Labute approximate surface area is 127 Å². The Bertz CT molecular complexity index is 817. The molecule has 0 saturated heterocycles. The lowest BCUT2D eigenvalue weighted by Gasteiger charge is -2.15. The van der Waals surface area contributed by atoms with E-state index >= 15 is 0 Å². The van der Waals surface area contributed by atoms with Gasteiger partial charge >= 0.3 is 0 Å². The highest BCUT2D eigenvalue weighted by atomic mass is 19.1. The lowest BCUT2D eigenvalue weighted by Crippen LogP contribution is -2.08. The van der Waals surface area contributed by atoms with Crippen molar-refractivity contribution in [1.82, 2.24) is 19.7 Å². The Morgan fingerprint density at radius 3 is 2.82 bits per heavy atom. The number of anilines is 1. The van der Waals surface area contributed by atoms with Gasteiger partial charge in [-0.05, 0) is 13.0 Å². The number of methoxy groups -OCH3 is 1. The quantitative estimate of drug-likeness (QED) is 0.802. The van der Waals surface area contributed by atoms with Crippen LogP contribution in [-0.2, 0) is 7.05 Å². The predicted octanol–water partition coefficient (Wildman–Crippen LogP) is 2.68. The number of aryl methyl sites for hydroxylation is 1. The lowest BCUT2D eigenvalue weighted by atomic mass is 10.1. The van der Waals surface area contributed by atoms with Gasteiger partial charge in [-0.15, -0.1) is 0 Å². The first-order valence-electron chi connectivity index (χ1n) is 6.82. The van der Waals surface area contributed by atoms with Gasteiger partial charge in [-0.3, -0.25) is 4.68 Å². The summed E-state index contributed by atoms with van der Waals surface area (Å²) in [4.78, 5) is 8.36. The Morgan fingerprint density at radius 1 is 1.32 bits per heavy atom. The number of nitrogens with one attached hydrogen (secondary N) is 1. The number of nitrogens with zero attached hydrogens (tertiary/aromatic N) is 4. The van der Waals surface area contributed by atoms with Gasteiger partial charge in [0, 0.05) is 30.3 Å². The lowest BCUT2D eigenvalue weighted by molar-refractivity contribution is 0.387. The van der Waals surface area contributed by atoms with E-state index in [-0.39, 0.29) is 11.8 Å². The van der Waals surface area contributed by atoms with E-state index in [2.05, 4.69) is 20.4 Å². The zero-order valence-electron chi connectivity index (χ0n) is 12.5. The SMILES string of the molecule is COc1cc2c(NC(C)c3cnn(C)c3)ncnc2cc1F. The first-order chi connectivity index (χ1) is 10.6. The van der Waals surface area contributed by atoms with E-state index in [9.17, 15) is 4.39 Å². The van der Waals surface area contributed by atoms with Crippen LogP contribution in [0.15, 0.2) is 30.9 Å². The van der Waals surface area contributed by atoms with Crippen LogP contribution in [0.25, 0.3) is 10.9 Å². The normalized spacial score (nSPS) is 12.4. The molecule has 0 aliphatic heterocycles. The van der Waals surface area contributed by atoms with Crippen molar-refractivity contribution in [2.75, 3.05) is 12.4 Å². The molecule has 2 aromatic heterocycles. The molecule has 0 bridgehead atoms. The molecule has 2 heterocycles. The maximum atomic E-state index is 13.8. The fourth-order valence-corrected chi connectivity index (χ4v) is 2.28. The standard InChI is InChI=1S/C15H16FN5O/c1-9(10-6-19-21(2)7-10)20-15-11-4-14(22-3)12(16)5-13(11)17-8-18-15/h4-9H,1-3H3,(H,17,18,20). The number of hydrogen-bond acceptors (Lipinski definition) is 5. The molecule has 114 valence electrons. The number of halogens is 1. The highest BCUT2D eigenvalue weighted by Crippen LogP contribution is 2.29. The van der Waals surface area contributed by atoms with E-state index in [0.717, 1.165) is 5.56 Å². The molecule has 1 unspecified atom stereocenters. The molecular weight excluding hydrogens is 285 g/mol. The zero-order chi connectivity index (χ0) is 15.7. The molecule has 0 radical (unpaired) electrons. The number of rotatable bonds is 4. The molecule has 1 N–H and O–H groups in total. The number of fused-ring (bicyclic) bond motifs is 1. The summed E-state index contributed by atoms with van der Waals surface area (Å²) in [6, 6.07) is 2.95. The average Bonchev–Trinajstić information content (AvgIpc) is 2.93. The van der Waals surface area contributed by atoms with Crippen molar-refractivity contribution in [3.63, 3.8) is 0 Å². The number of hydrogen-bond donors (Lipinski definition) is 1. The molecule has 0 saturated carbocycles. The summed E-state index contributed by atoms with van der Waals surface area (Å²) in [5.74, 6) is 0.346. The van der Waals surface area contributed by atoms with E-state index in [0.29, 0.717) is 16.7 Å². The van der Waals surface area contributed by atoms with Crippen molar-refractivity contribution in [2.45, 2.75) is 13.0 Å². The van der Waals surface area contributed by atoms with Crippen molar-refractivity contribution in [3.8, 4) is 5.75 Å². The van der Waals surface area contributed by atoms with Gasteiger partial charge in [0.15, 0.2) is 11.6 Å². The molecule has 0 amide bonds. The van der Waals surface area contributed by atoms with Crippen LogP contribution in [0, 0.1) is 5.82 Å². The van der Waals surface area contributed by atoms with E-state index in [1.165, 1.54) is 19.5 Å². The summed E-state index contributed by atoms with van der Waals surface area (Å²) in [6.07, 6.45) is 5.13. The molecule has 0 aliphatic carbocycles. The van der Waals surface area contributed by atoms with Crippen LogP contribution < -0.4 is 10.1 Å². The summed E-state index contributed by atoms with van der Waals surface area (Å²) in [7, 11) is 3.29. The molecule has 22 heavy (non-hydrogen) atoms. The van der Waals surface area contributed by atoms with E-state index in [1.54, 1.807) is 16.9 Å². The molecule has 1 atom stereocenters. The van der Waals surface area contributed by atoms with Gasteiger partial charge in [0.2, 0.25) is 0 Å². The minimum atomic E-state index is -0.444. The van der Waals surface area contributed by atoms with Gasteiger partial charge in [0.25, 0.3) is 0 Å². The fourth-order valence-electron chi connectivity index (χ4n) is 2.28. The Hall–Kier alpha value is -2.70. The molecule has 0 fully saturated rings.